The molecule has 1 atom stereocenters. The van der Waals surface area contributed by atoms with Crippen LogP contribution in [0.25, 0.3) is 11.1 Å². The Bertz CT molecular complexity index is 1080. The highest BCUT2D eigenvalue weighted by Gasteiger charge is 2.29. The highest BCUT2D eigenvalue weighted by molar-refractivity contribution is 5.90. The molecule has 0 bridgehead atoms. The van der Waals surface area contributed by atoms with Crippen molar-refractivity contribution in [3.63, 3.8) is 0 Å². The molecular weight excluding hydrogens is 380 g/mol. The van der Waals surface area contributed by atoms with Gasteiger partial charge in [0.1, 0.15) is 23.2 Å². The van der Waals surface area contributed by atoms with Crippen molar-refractivity contribution in [1.29, 1.82) is 0 Å². The first-order valence-corrected chi connectivity index (χ1v) is 10.4. The van der Waals surface area contributed by atoms with Crippen LogP contribution in [-0.2, 0) is 11.3 Å². The Kier molecular flexibility index (Phi) is 5.61. The summed E-state index contributed by atoms with van der Waals surface area (Å²) in [6, 6.07) is 7.75. The van der Waals surface area contributed by atoms with Crippen LogP contribution in [-0.4, -0.2) is 36.1 Å². The van der Waals surface area contributed by atoms with Crippen molar-refractivity contribution in [3.05, 3.63) is 47.0 Å². The van der Waals surface area contributed by atoms with Gasteiger partial charge < -0.3 is 19.4 Å². The molecule has 1 aliphatic heterocycles. The molecule has 3 heterocycles. The van der Waals surface area contributed by atoms with Gasteiger partial charge in [-0.1, -0.05) is 18.2 Å². The van der Waals surface area contributed by atoms with E-state index in [-0.39, 0.29) is 11.8 Å². The maximum absolute atomic E-state index is 12.9. The summed E-state index contributed by atoms with van der Waals surface area (Å²) in [6.45, 7) is 7.80. The maximum Gasteiger partial charge on any atom is 0.231 e. The zero-order valence-electron chi connectivity index (χ0n) is 18.0. The number of amides is 1. The van der Waals surface area contributed by atoms with Crippen LogP contribution in [0.5, 0.6) is 5.75 Å². The molecule has 30 heavy (non-hydrogen) atoms. The number of hydrogen-bond acceptors (Lipinski definition) is 6. The third-order valence-corrected chi connectivity index (χ3v) is 5.86. The quantitative estimate of drug-likeness (QED) is 0.694. The van der Waals surface area contributed by atoms with Crippen LogP contribution in [0.15, 0.2) is 28.7 Å². The number of ether oxygens (including phenoxy) is 1. The molecule has 1 fully saturated rings. The van der Waals surface area contributed by atoms with Crippen LogP contribution in [0.2, 0.25) is 0 Å². The molecule has 1 saturated heterocycles. The van der Waals surface area contributed by atoms with Gasteiger partial charge in [0.25, 0.3) is 0 Å². The van der Waals surface area contributed by atoms with Gasteiger partial charge in [0.05, 0.1) is 18.4 Å². The van der Waals surface area contributed by atoms with Crippen molar-refractivity contribution in [1.82, 2.24) is 15.3 Å². The second-order valence-corrected chi connectivity index (χ2v) is 7.87. The number of methoxy groups -OCH3 is 1. The predicted molar refractivity (Wildman–Crippen MR) is 116 cm³/mol. The first kappa shape index (κ1) is 20.2. The molecule has 2 aromatic heterocycles. The molecule has 0 radical (unpaired) electrons. The molecule has 4 rings (SSSR count). The molecule has 1 amide bonds. The summed E-state index contributed by atoms with van der Waals surface area (Å²) >= 11 is 0. The van der Waals surface area contributed by atoms with E-state index in [4.69, 9.17) is 14.1 Å². The van der Waals surface area contributed by atoms with Crippen molar-refractivity contribution in [2.45, 2.75) is 40.2 Å². The lowest BCUT2D eigenvalue weighted by Gasteiger charge is -2.33. The van der Waals surface area contributed by atoms with E-state index in [2.05, 4.69) is 15.2 Å². The van der Waals surface area contributed by atoms with Crippen LogP contribution in [0.3, 0.4) is 0 Å². The minimum absolute atomic E-state index is 0.0627. The highest BCUT2D eigenvalue weighted by Crippen LogP contribution is 2.33. The third-order valence-electron chi connectivity index (χ3n) is 5.86. The zero-order chi connectivity index (χ0) is 21.3. The summed E-state index contributed by atoms with van der Waals surface area (Å²) in [5, 5.41) is 4.03. The summed E-state index contributed by atoms with van der Waals surface area (Å²) in [4.78, 5) is 24.3. The SMILES string of the molecule is COc1ccccc1CNC(=O)[C@@H]1CCCN(c2nc(C)nc3oc(C)c(C)c23)C1. The number of piperidine rings is 1. The lowest BCUT2D eigenvalue weighted by Crippen LogP contribution is -2.43. The largest absolute Gasteiger partial charge is 0.496 e. The van der Waals surface area contributed by atoms with Gasteiger partial charge in [0, 0.05) is 30.8 Å². The number of aromatic nitrogens is 2. The number of benzene rings is 1. The van der Waals surface area contributed by atoms with Gasteiger partial charge in [0.2, 0.25) is 11.6 Å². The molecule has 1 N–H and O–H groups in total. The molecule has 0 unspecified atom stereocenters. The Morgan fingerprint density at radius 2 is 2.07 bits per heavy atom. The van der Waals surface area contributed by atoms with Gasteiger partial charge in [0.15, 0.2) is 0 Å². The average molecular weight is 409 g/mol. The smallest absolute Gasteiger partial charge is 0.231 e. The fourth-order valence-electron chi connectivity index (χ4n) is 4.12. The normalized spacial score (nSPS) is 16.7. The van der Waals surface area contributed by atoms with Gasteiger partial charge in [-0.15, -0.1) is 0 Å². The Morgan fingerprint density at radius 3 is 2.87 bits per heavy atom. The minimum atomic E-state index is -0.0907. The maximum atomic E-state index is 12.9. The molecular formula is C23H28N4O3. The van der Waals surface area contributed by atoms with Crippen LogP contribution in [0, 0.1) is 26.7 Å². The number of rotatable bonds is 5. The van der Waals surface area contributed by atoms with E-state index in [1.807, 2.05) is 45.0 Å². The summed E-state index contributed by atoms with van der Waals surface area (Å²) in [6.07, 6.45) is 1.80. The van der Waals surface area contributed by atoms with Gasteiger partial charge in [-0.25, -0.2) is 4.98 Å². The number of aryl methyl sites for hydroxylation is 3. The van der Waals surface area contributed by atoms with E-state index in [0.717, 1.165) is 53.2 Å². The van der Waals surface area contributed by atoms with E-state index >= 15 is 0 Å². The summed E-state index contributed by atoms with van der Waals surface area (Å²) in [5.74, 6) is 3.16. The lowest BCUT2D eigenvalue weighted by atomic mass is 9.96. The number of carbonyl (C=O) groups excluding carboxylic acids is 1. The highest BCUT2D eigenvalue weighted by atomic mass is 16.5. The average Bonchev–Trinajstić information content (AvgIpc) is 3.04. The fraction of sp³-hybridized carbons (Fsp3) is 0.435. The number of anilines is 1. The van der Waals surface area contributed by atoms with Gasteiger partial charge in [-0.05, 0) is 39.7 Å². The Hall–Kier alpha value is -3.09. The second-order valence-electron chi connectivity index (χ2n) is 7.87. The van der Waals surface area contributed by atoms with Crippen LogP contribution in [0.1, 0.15) is 35.6 Å². The topological polar surface area (TPSA) is 80.5 Å². The molecule has 1 aliphatic rings. The van der Waals surface area contributed by atoms with Gasteiger partial charge in [-0.3, -0.25) is 4.79 Å². The Labute approximate surface area is 176 Å². The Balaban J connectivity index is 1.51. The lowest BCUT2D eigenvalue weighted by molar-refractivity contribution is -0.125. The number of carbonyl (C=O) groups is 1. The molecule has 0 aliphatic carbocycles. The minimum Gasteiger partial charge on any atom is -0.496 e. The standard InChI is InChI=1S/C23H28N4O3/c1-14-15(2)30-23-20(14)21(25-16(3)26-23)27-11-7-9-18(13-27)22(28)24-12-17-8-5-6-10-19(17)29-4/h5-6,8,10,18H,7,9,11-13H2,1-4H3,(H,24,28)/t18-/m1/s1. The van der Waals surface area contributed by atoms with E-state index in [9.17, 15) is 4.79 Å². The van der Waals surface area contributed by atoms with Crippen molar-refractivity contribution in [3.8, 4) is 5.75 Å². The number of fused-ring (bicyclic) bond motifs is 1. The molecule has 0 spiro atoms. The second kappa shape index (κ2) is 8.34. The van der Waals surface area contributed by atoms with E-state index in [1.54, 1.807) is 7.11 Å². The van der Waals surface area contributed by atoms with E-state index in [0.29, 0.717) is 24.6 Å². The third kappa shape index (κ3) is 3.84. The summed E-state index contributed by atoms with van der Waals surface area (Å²) < 4.78 is 11.2. The van der Waals surface area contributed by atoms with Crippen LogP contribution < -0.4 is 15.0 Å². The van der Waals surface area contributed by atoms with E-state index < -0.39 is 0 Å². The molecule has 1 aromatic carbocycles. The molecule has 158 valence electrons. The molecule has 3 aromatic rings. The zero-order valence-corrected chi connectivity index (χ0v) is 18.0. The number of para-hydroxylation sites is 1. The first-order chi connectivity index (χ1) is 14.5. The number of furan rings is 1. The van der Waals surface area contributed by atoms with Crippen molar-refractivity contribution < 1.29 is 13.9 Å². The summed E-state index contributed by atoms with van der Waals surface area (Å²) in [5.41, 5.74) is 2.65. The monoisotopic (exact) mass is 408 g/mol. The molecule has 7 heteroatoms. The van der Waals surface area contributed by atoms with Crippen LogP contribution >= 0.6 is 0 Å². The number of hydrogen-bond donors (Lipinski definition) is 1. The van der Waals surface area contributed by atoms with Gasteiger partial charge in [-0.2, -0.15) is 4.98 Å². The van der Waals surface area contributed by atoms with Crippen molar-refractivity contribution in [2.75, 3.05) is 25.1 Å². The summed E-state index contributed by atoms with van der Waals surface area (Å²) in [7, 11) is 1.64. The fourth-order valence-corrected chi connectivity index (χ4v) is 4.12. The van der Waals surface area contributed by atoms with E-state index in [1.165, 1.54) is 0 Å². The number of nitrogens with one attached hydrogen (secondary N) is 1. The first-order valence-electron chi connectivity index (χ1n) is 10.4. The molecule has 7 nitrogen and oxygen atoms in total. The predicted octanol–water partition coefficient (Wildman–Crippen LogP) is 3.69. The van der Waals surface area contributed by atoms with Crippen molar-refractivity contribution in [2.24, 2.45) is 5.92 Å². The van der Waals surface area contributed by atoms with Crippen LogP contribution in [0.4, 0.5) is 5.82 Å². The van der Waals surface area contributed by atoms with Gasteiger partial charge >= 0.3 is 0 Å². The Morgan fingerprint density at radius 1 is 1.27 bits per heavy atom. The molecule has 0 saturated carbocycles. The number of nitrogens with zero attached hydrogens (tertiary/aromatic N) is 3. The van der Waals surface area contributed by atoms with Crippen molar-refractivity contribution >= 4 is 22.8 Å².